The highest BCUT2D eigenvalue weighted by atomic mass is 16.5. The van der Waals surface area contributed by atoms with Gasteiger partial charge in [-0.1, -0.05) is 13.8 Å². The van der Waals surface area contributed by atoms with Crippen molar-refractivity contribution in [3.63, 3.8) is 0 Å². The van der Waals surface area contributed by atoms with E-state index in [2.05, 4.69) is 48.3 Å². The second-order valence-electron chi connectivity index (χ2n) is 7.43. The minimum atomic E-state index is 0.245. The highest BCUT2D eigenvalue weighted by Crippen LogP contribution is 2.53. The van der Waals surface area contributed by atoms with Crippen molar-refractivity contribution >= 4 is 11.4 Å². The normalized spacial score (nSPS) is 33.6. The van der Waals surface area contributed by atoms with Crippen LogP contribution in [0.3, 0.4) is 0 Å². The van der Waals surface area contributed by atoms with E-state index in [1.807, 2.05) is 0 Å². The Hall–Kier alpha value is -1.22. The molecule has 4 rings (SSSR count). The number of anilines is 2. The standard InChI is InChI=1S/C18H26N2O/c1-18(2)16(15-9-12-21-17(15)18)19-13-5-7-14(8-6-13)20-10-3-4-11-20/h5-8,15-17,19H,3-4,9-12H2,1-2H3. The summed E-state index contributed by atoms with van der Waals surface area (Å²) in [4.78, 5) is 2.48. The maximum absolute atomic E-state index is 5.88. The number of benzene rings is 1. The molecule has 3 unspecified atom stereocenters. The Kier molecular flexibility index (Phi) is 3.14. The van der Waals surface area contributed by atoms with Crippen LogP contribution in [-0.4, -0.2) is 31.8 Å². The van der Waals surface area contributed by atoms with Gasteiger partial charge in [0.25, 0.3) is 0 Å². The second-order valence-corrected chi connectivity index (χ2v) is 7.43. The summed E-state index contributed by atoms with van der Waals surface area (Å²) in [6.45, 7) is 8.02. The first-order valence-electron chi connectivity index (χ1n) is 8.39. The van der Waals surface area contributed by atoms with Crippen LogP contribution >= 0.6 is 0 Å². The summed E-state index contributed by atoms with van der Waals surface area (Å²) >= 11 is 0. The molecular weight excluding hydrogens is 260 g/mol. The lowest BCUT2D eigenvalue weighted by Gasteiger charge is -2.55. The summed E-state index contributed by atoms with van der Waals surface area (Å²) in [5.41, 5.74) is 2.86. The highest BCUT2D eigenvalue weighted by Gasteiger charge is 2.59. The average Bonchev–Trinajstić information content (AvgIpc) is 3.16. The SMILES string of the molecule is CC1(C)C(Nc2ccc(N3CCCC3)cc2)C2CCOC21. The van der Waals surface area contributed by atoms with E-state index in [1.165, 1.54) is 43.7 Å². The molecule has 1 aromatic carbocycles. The van der Waals surface area contributed by atoms with Crippen LogP contribution in [-0.2, 0) is 4.74 Å². The van der Waals surface area contributed by atoms with Crippen molar-refractivity contribution in [1.82, 2.24) is 0 Å². The number of hydrogen-bond acceptors (Lipinski definition) is 3. The number of nitrogens with one attached hydrogen (secondary N) is 1. The second kappa shape index (κ2) is 4.91. The topological polar surface area (TPSA) is 24.5 Å². The van der Waals surface area contributed by atoms with Crippen LogP contribution in [0, 0.1) is 11.3 Å². The highest BCUT2D eigenvalue weighted by molar-refractivity contribution is 5.56. The van der Waals surface area contributed by atoms with E-state index in [1.54, 1.807) is 0 Å². The van der Waals surface area contributed by atoms with E-state index in [0.29, 0.717) is 18.1 Å². The van der Waals surface area contributed by atoms with Crippen LogP contribution in [0.1, 0.15) is 33.1 Å². The summed E-state index contributed by atoms with van der Waals surface area (Å²) in [6.07, 6.45) is 4.33. The van der Waals surface area contributed by atoms with Crippen molar-refractivity contribution in [2.24, 2.45) is 11.3 Å². The van der Waals surface area contributed by atoms with Crippen molar-refractivity contribution in [2.45, 2.75) is 45.3 Å². The fraction of sp³-hybridized carbons (Fsp3) is 0.667. The molecule has 0 aromatic heterocycles. The molecule has 21 heavy (non-hydrogen) atoms. The van der Waals surface area contributed by atoms with Crippen LogP contribution in [0.4, 0.5) is 11.4 Å². The molecule has 3 nitrogen and oxygen atoms in total. The molecule has 3 aliphatic rings. The maximum atomic E-state index is 5.88. The fourth-order valence-electron chi connectivity index (χ4n) is 4.54. The Bertz CT molecular complexity index is 504. The lowest BCUT2D eigenvalue weighted by Crippen LogP contribution is -2.63. The summed E-state index contributed by atoms with van der Waals surface area (Å²) in [5.74, 6) is 0.693. The molecule has 3 atom stereocenters. The average molecular weight is 286 g/mol. The van der Waals surface area contributed by atoms with E-state index in [0.717, 1.165) is 6.61 Å². The molecule has 0 bridgehead atoms. The van der Waals surface area contributed by atoms with Crippen molar-refractivity contribution in [2.75, 3.05) is 29.9 Å². The first kappa shape index (κ1) is 13.4. The van der Waals surface area contributed by atoms with Gasteiger partial charge in [0, 0.05) is 48.4 Å². The van der Waals surface area contributed by atoms with Crippen molar-refractivity contribution in [3.05, 3.63) is 24.3 Å². The van der Waals surface area contributed by atoms with E-state index in [4.69, 9.17) is 4.74 Å². The van der Waals surface area contributed by atoms with Gasteiger partial charge >= 0.3 is 0 Å². The number of ether oxygens (including phenoxy) is 1. The number of hydrogen-bond donors (Lipinski definition) is 1. The summed E-state index contributed by atoms with van der Waals surface area (Å²) in [6, 6.07) is 9.56. The molecule has 2 saturated heterocycles. The predicted octanol–water partition coefficient (Wildman–Crippen LogP) is 3.51. The molecule has 1 N–H and O–H groups in total. The molecule has 0 radical (unpaired) electrons. The minimum absolute atomic E-state index is 0.245. The molecule has 2 heterocycles. The molecule has 3 heteroatoms. The zero-order valence-electron chi connectivity index (χ0n) is 13.1. The molecular formula is C18H26N2O. The van der Waals surface area contributed by atoms with Gasteiger partial charge in [0.05, 0.1) is 6.10 Å². The quantitative estimate of drug-likeness (QED) is 0.920. The largest absolute Gasteiger partial charge is 0.381 e. The zero-order chi connectivity index (χ0) is 14.4. The molecule has 114 valence electrons. The first-order valence-corrected chi connectivity index (χ1v) is 8.39. The summed E-state index contributed by atoms with van der Waals surface area (Å²) < 4.78 is 5.88. The molecule has 1 saturated carbocycles. The van der Waals surface area contributed by atoms with Gasteiger partial charge in [-0.3, -0.25) is 0 Å². The molecule has 0 spiro atoms. The van der Waals surface area contributed by atoms with Gasteiger partial charge in [0.2, 0.25) is 0 Å². The zero-order valence-corrected chi connectivity index (χ0v) is 13.1. The van der Waals surface area contributed by atoms with Crippen molar-refractivity contribution in [3.8, 4) is 0 Å². The third-order valence-electron chi connectivity index (χ3n) is 5.76. The smallest absolute Gasteiger partial charge is 0.0694 e. The molecule has 1 aliphatic carbocycles. The monoisotopic (exact) mass is 286 g/mol. The Balaban J connectivity index is 1.45. The van der Waals surface area contributed by atoms with Crippen LogP contribution in [0.25, 0.3) is 0 Å². The van der Waals surface area contributed by atoms with Gasteiger partial charge in [-0.25, -0.2) is 0 Å². The summed E-state index contributed by atoms with van der Waals surface area (Å²) in [7, 11) is 0. The number of fused-ring (bicyclic) bond motifs is 1. The van der Waals surface area contributed by atoms with Gasteiger partial charge in [-0.2, -0.15) is 0 Å². The minimum Gasteiger partial charge on any atom is -0.381 e. The third-order valence-corrected chi connectivity index (χ3v) is 5.76. The van der Waals surface area contributed by atoms with Gasteiger partial charge in [0.1, 0.15) is 0 Å². The van der Waals surface area contributed by atoms with Crippen LogP contribution < -0.4 is 10.2 Å². The fourth-order valence-corrected chi connectivity index (χ4v) is 4.54. The summed E-state index contributed by atoms with van der Waals surface area (Å²) in [5, 5.41) is 3.76. The van der Waals surface area contributed by atoms with Gasteiger partial charge in [-0.05, 0) is 43.5 Å². The van der Waals surface area contributed by atoms with Crippen LogP contribution in [0.2, 0.25) is 0 Å². The lowest BCUT2D eigenvalue weighted by atomic mass is 9.57. The molecule has 3 fully saturated rings. The molecule has 1 aromatic rings. The van der Waals surface area contributed by atoms with Gasteiger partial charge < -0.3 is 15.0 Å². The van der Waals surface area contributed by atoms with E-state index >= 15 is 0 Å². The Morgan fingerprint density at radius 2 is 1.86 bits per heavy atom. The Morgan fingerprint density at radius 3 is 2.57 bits per heavy atom. The van der Waals surface area contributed by atoms with E-state index in [9.17, 15) is 0 Å². The first-order chi connectivity index (χ1) is 10.2. The maximum Gasteiger partial charge on any atom is 0.0694 e. The Labute approximate surface area is 127 Å². The van der Waals surface area contributed by atoms with Gasteiger partial charge in [-0.15, -0.1) is 0 Å². The van der Waals surface area contributed by atoms with Crippen molar-refractivity contribution < 1.29 is 4.74 Å². The number of nitrogens with zero attached hydrogens (tertiary/aromatic N) is 1. The predicted molar refractivity (Wildman–Crippen MR) is 86.9 cm³/mol. The number of rotatable bonds is 3. The van der Waals surface area contributed by atoms with Gasteiger partial charge in [0.15, 0.2) is 0 Å². The lowest BCUT2D eigenvalue weighted by molar-refractivity contribution is -0.0923. The van der Waals surface area contributed by atoms with Crippen LogP contribution in [0.15, 0.2) is 24.3 Å². The van der Waals surface area contributed by atoms with Crippen molar-refractivity contribution in [1.29, 1.82) is 0 Å². The molecule has 0 amide bonds. The van der Waals surface area contributed by atoms with E-state index in [-0.39, 0.29) is 5.41 Å². The van der Waals surface area contributed by atoms with Crippen LogP contribution in [0.5, 0.6) is 0 Å². The Morgan fingerprint density at radius 1 is 1.14 bits per heavy atom. The molecule has 2 aliphatic heterocycles. The van der Waals surface area contributed by atoms with E-state index < -0.39 is 0 Å². The third kappa shape index (κ3) is 2.13.